The van der Waals surface area contributed by atoms with E-state index in [-0.39, 0.29) is 24.0 Å². The van der Waals surface area contributed by atoms with Crippen molar-refractivity contribution in [1.82, 2.24) is 15.6 Å². The van der Waals surface area contributed by atoms with E-state index in [2.05, 4.69) is 58.4 Å². The number of guanidine groups is 1. The van der Waals surface area contributed by atoms with Crippen LogP contribution in [0.4, 0.5) is 5.82 Å². The Hall–Kier alpha value is -1.05. The number of aliphatic imine (C=N–C) groups is 1. The van der Waals surface area contributed by atoms with E-state index >= 15 is 0 Å². The van der Waals surface area contributed by atoms with Crippen molar-refractivity contribution in [3.05, 3.63) is 23.9 Å². The van der Waals surface area contributed by atoms with Crippen LogP contribution >= 0.6 is 24.0 Å². The zero-order valence-corrected chi connectivity index (χ0v) is 19.1. The molecule has 0 spiro atoms. The number of pyridine rings is 1. The van der Waals surface area contributed by atoms with E-state index in [9.17, 15) is 0 Å². The molecule has 0 radical (unpaired) electrons. The number of hydrogen-bond acceptors (Lipinski definition) is 3. The fraction of sp³-hybridized carbons (Fsp3) is 0.700. The van der Waals surface area contributed by atoms with Gasteiger partial charge in [0.2, 0.25) is 0 Å². The summed E-state index contributed by atoms with van der Waals surface area (Å²) < 4.78 is 0. The van der Waals surface area contributed by atoms with Crippen molar-refractivity contribution < 1.29 is 0 Å². The summed E-state index contributed by atoms with van der Waals surface area (Å²) in [7, 11) is 1.83. The van der Waals surface area contributed by atoms with Crippen molar-refractivity contribution in [3.63, 3.8) is 0 Å². The molecule has 1 unspecified atom stereocenters. The normalized spacial score (nSPS) is 16.2. The molecule has 148 valence electrons. The topological polar surface area (TPSA) is 52.6 Å². The number of anilines is 1. The lowest BCUT2D eigenvalue weighted by Gasteiger charge is -2.28. The van der Waals surface area contributed by atoms with E-state index in [0.29, 0.717) is 6.04 Å². The Labute approximate surface area is 176 Å². The average molecular weight is 473 g/mol. The lowest BCUT2D eigenvalue weighted by atomic mass is 10.0. The summed E-state index contributed by atoms with van der Waals surface area (Å²) in [4.78, 5) is 11.3. The van der Waals surface area contributed by atoms with E-state index in [1.165, 1.54) is 31.2 Å². The first-order valence-corrected chi connectivity index (χ1v) is 9.75. The van der Waals surface area contributed by atoms with Crippen LogP contribution in [0.1, 0.15) is 58.4 Å². The van der Waals surface area contributed by atoms with Crippen LogP contribution in [0.25, 0.3) is 0 Å². The van der Waals surface area contributed by atoms with Gasteiger partial charge in [0.15, 0.2) is 5.96 Å². The third-order valence-corrected chi connectivity index (χ3v) is 4.73. The molecule has 1 aliphatic heterocycles. The third kappa shape index (κ3) is 8.10. The molecule has 1 atom stereocenters. The lowest BCUT2D eigenvalue weighted by molar-refractivity contribution is 0.489. The number of rotatable bonds is 7. The van der Waals surface area contributed by atoms with E-state index in [4.69, 9.17) is 0 Å². The van der Waals surface area contributed by atoms with Gasteiger partial charge in [-0.05, 0) is 62.6 Å². The minimum Gasteiger partial charge on any atom is -0.357 e. The number of halogens is 1. The van der Waals surface area contributed by atoms with Gasteiger partial charge in [-0.1, -0.05) is 13.8 Å². The van der Waals surface area contributed by atoms with Crippen LogP contribution in [-0.2, 0) is 6.54 Å². The first-order chi connectivity index (χ1) is 12.1. The number of hydrogen-bond donors (Lipinski definition) is 2. The maximum atomic E-state index is 4.55. The van der Waals surface area contributed by atoms with E-state index in [1.54, 1.807) is 0 Å². The first kappa shape index (κ1) is 23.0. The molecule has 1 aromatic heterocycles. The molecule has 0 bridgehead atoms. The molecule has 2 heterocycles. The Morgan fingerprint density at radius 1 is 1.19 bits per heavy atom. The molecule has 26 heavy (non-hydrogen) atoms. The molecule has 0 aromatic carbocycles. The number of piperidine rings is 1. The van der Waals surface area contributed by atoms with Crippen molar-refractivity contribution in [3.8, 4) is 0 Å². The van der Waals surface area contributed by atoms with Crippen LogP contribution in [-0.4, -0.2) is 37.1 Å². The predicted molar refractivity (Wildman–Crippen MR) is 123 cm³/mol. The maximum absolute atomic E-state index is 4.55. The van der Waals surface area contributed by atoms with Gasteiger partial charge in [0.25, 0.3) is 0 Å². The summed E-state index contributed by atoms with van der Waals surface area (Å²) in [6, 6.07) is 4.71. The molecule has 0 aliphatic carbocycles. The predicted octanol–water partition coefficient (Wildman–Crippen LogP) is 4.18. The molecule has 5 nitrogen and oxygen atoms in total. The Bertz CT molecular complexity index is 541. The molecule has 1 fully saturated rings. The summed E-state index contributed by atoms with van der Waals surface area (Å²) >= 11 is 0. The quantitative estimate of drug-likeness (QED) is 0.355. The zero-order chi connectivity index (χ0) is 18.1. The summed E-state index contributed by atoms with van der Waals surface area (Å²) in [6.07, 6.45) is 8.20. The van der Waals surface area contributed by atoms with Gasteiger partial charge in [0, 0.05) is 38.9 Å². The minimum atomic E-state index is 0. The molecule has 6 heteroatoms. The highest BCUT2D eigenvalue weighted by molar-refractivity contribution is 14.0. The van der Waals surface area contributed by atoms with Gasteiger partial charge >= 0.3 is 0 Å². The van der Waals surface area contributed by atoms with Crippen LogP contribution in [0, 0.1) is 5.92 Å². The number of nitrogens with one attached hydrogen (secondary N) is 2. The Kier molecular flexibility index (Phi) is 10.9. The molecular weight excluding hydrogens is 437 g/mol. The Morgan fingerprint density at radius 2 is 1.92 bits per heavy atom. The molecule has 2 rings (SSSR count). The van der Waals surface area contributed by atoms with Crippen LogP contribution in [0.3, 0.4) is 0 Å². The number of aromatic nitrogens is 1. The van der Waals surface area contributed by atoms with E-state index in [1.807, 2.05) is 13.2 Å². The molecular formula is C20H36IN5. The standard InChI is InChI=1S/C20H35N5.HI/c1-16(2)8-9-17(3)24-20(21-4)23-15-18-10-11-22-19(14-18)25-12-6-5-7-13-25;/h10-11,14,16-17H,5-9,12-13,15H2,1-4H3,(H2,21,23,24);1H. The highest BCUT2D eigenvalue weighted by atomic mass is 127. The average Bonchev–Trinajstić information content (AvgIpc) is 2.64. The maximum Gasteiger partial charge on any atom is 0.191 e. The minimum absolute atomic E-state index is 0. The van der Waals surface area contributed by atoms with Gasteiger partial charge < -0.3 is 15.5 Å². The van der Waals surface area contributed by atoms with Crippen molar-refractivity contribution in [2.45, 2.75) is 65.5 Å². The van der Waals surface area contributed by atoms with Gasteiger partial charge in [0.05, 0.1) is 0 Å². The van der Waals surface area contributed by atoms with Crippen LogP contribution in [0.2, 0.25) is 0 Å². The van der Waals surface area contributed by atoms with Crippen LogP contribution < -0.4 is 15.5 Å². The highest BCUT2D eigenvalue weighted by Crippen LogP contribution is 2.18. The zero-order valence-electron chi connectivity index (χ0n) is 16.8. The van der Waals surface area contributed by atoms with Crippen LogP contribution in [0.15, 0.2) is 23.3 Å². The van der Waals surface area contributed by atoms with Crippen molar-refractivity contribution in [2.75, 3.05) is 25.0 Å². The van der Waals surface area contributed by atoms with Crippen LogP contribution in [0.5, 0.6) is 0 Å². The summed E-state index contributed by atoms with van der Waals surface area (Å²) in [5.74, 6) is 2.71. The highest BCUT2D eigenvalue weighted by Gasteiger charge is 2.12. The second kappa shape index (κ2) is 12.4. The Balaban J connectivity index is 0.00000338. The number of nitrogens with zero attached hydrogens (tertiary/aromatic N) is 3. The van der Waals surface area contributed by atoms with Gasteiger partial charge in [-0.15, -0.1) is 24.0 Å². The second-order valence-electron chi connectivity index (χ2n) is 7.51. The van der Waals surface area contributed by atoms with E-state index < -0.39 is 0 Å². The fourth-order valence-corrected chi connectivity index (χ4v) is 3.14. The largest absolute Gasteiger partial charge is 0.357 e. The molecule has 1 aliphatic rings. The molecule has 1 saturated heterocycles. The lowest BCUT2D eigenvalue weighted by Crippen LogP contribution is -2.42. The first-order valence-electron chi connectivity index (χ1n) is 9.75. The molecule has 0 saturated carbocycles. The summed E-state index contributed by atoms with van der Waals surface area (Å²) in [5, 5.41) is 6.91. The molecule has 2 N–H and O–H groups in total. The second-order valence-corrected chi connectivity index (χ2v) is 7.51. The van der Waals surface area contributed by atoms with Gasteiger partial charge in [-0.3, -0.25) is 4.99 Å². The fourth-order valence-electron chi connectivity index (χ4n) is 3.14. The smallest absolute Gasteiger partial charge is 0.191 e. The van der Waals surface area contributed by atoms with Crippen molar-refractivity contribution >= 4 is 35.8 Å². The molecule has 0 amide bonds. The molecule has 1 aromatic rings. The SMILES string of the molecule is CN=C(NCc1ccnc(N2CCCCC2)c1)NC(C)CCC(C)C.I. The van der Waals surface area contributed by atoms with Crippen molar-refractivity contribution in [1.29, 1.82) is 0 Å². The Morgan fingerprint density at radius 3 is 2.58 bits per heavy atom. The van der Waals surface area contributed by atoms with Crippen molar-refractivity contribution in [2.24, 2.45) is 10.9 Å². The van der Waals surface area contributed by atoms with E-state index in [0.717, 1.165) is 43.8 Å². The summed E-state index contributed by atoms with van der Waals surface area (Å²) in [6.45, 7) is 9.77. The third-order valence-electron chi connectivity index (χ3n) is 4.73. The monoisotopic (exact) mass is 473 g/mol. The summed E-state index contributed by atoms with van der Waals surface area (Å²) in [5.41, 5.74) is 1.24. The van der Waals surface area contributed by atoms with Gasteiger partial charge in [0.1, 0.15) is 5.82 Å². The van der Waals surface area contributed by atoms with Gasteiger partial charge in [-0.25, -0.2) is 4.98 Å². The van der Waals surface area contributed by atoms with Gasteiger partial charge in [-0.2, -0.15) is 0 Å².